The number of hydrogen-bond acceptors (Lipinski definition) is 4. The third-order valence-electron chi connectivity index (χ3n) is 3.28. The fraction of sp³-hybridized carbons (Fsp3) is 1.00. The Morgan fingerprint density at radius 2 is 0.727 bits per heavy atom. The van der Waals surface area contributed by atoms with Gasteiger partial charge in [0.25, 0.3) is 0 Å². The molecule has 0 aromatic rings. The zero-order valence-electron chi connectivity index (χ0n) is 16.1. The third kappa shape index (κ3) is 32.0. The molecule has 0 spiro atoms. The molecule has 0 aliphatic carbocycles. The van der Waals surface area contributed by atoms with Gasteiger partial charge in [0.1, 0.15) is 0 Å². The zero-order valence-corrected chi connectivity index (χ0v) is 16.1. The summed E-state index contributed by atoms with van der Waals surface area (Å²) in [6.07, 6.45) is 6.99. The van der Waals surface area contributed by atoms with Crippen molar-refractivity contribution in [2.75, 3.05) is 19.8 Å². The smallest absolute Gasteiger partial charge is 0.0456 e. The second-order valence-electron chi connectivity index (χ2n) is 6.23. The summed E-state index contributed by atoms with van der Waals surface area (Å²) in [7, 11) is 0. The average Bonchev–Trinajstić information content (AvgIpc) is 2.49. The van der Waals surface area contributed by atoms with E-state index in [0.717, 1.165) is 19.3 Å². The van der Waals surface area contributed by atoms with Crippen LogP contribution in [0.4, 0.5) is 0 Å². The predicted molar refractivity (Wildman–Crippen MR) is 98.5 cm³/mol. The Hall–Kier alpha value is -0.160. The molecule has 4 nitrogen and oxygen atoms in total. The first-order valence-electron chi connectivity index (χ1n) is 8.75. The van der Waals surface area contributed by atoms with Crippen LogP contribution in [0.5, 0.6) is 0 Å². The Bertz CT molecular complexity index is 140. The Morgan fingerprint density at radius 3 is 0.773 bits per heavy atom. The van der Waals surface area contributed by atoms with Crippen molar-refractivity contribution in [3.63, 3.8) is 0 Å². The fourth-order valence-electron chi connectivity index (χ4n) is 1.75. The van der Waals surface area contributed by atoms with Gasteiger partial charge < -0.3 is 21.5 Å². The van der Waals surface area contributed by atoms with Gasteiger partial charge in [-0.05, 0) is 37.0 Å². The predicted octanol–water partition coefficient (Wildman–Crippen LogP) is 4.41. The van der Waals surface area contributed by atoms with Gasteiger partial charge in [0.2, 0.25) is 0 Å². The molecule has 0 radical (unpaired) electrons. The molecule has 0 saturated carbocycles. The topological polar surface area (TPSA) is 95.7 Å². The number of hydrogen-bond donors (Lipinski definition) is 4. The van der Waals surface area contributed by atoms with E-state index in [1.165, 1.54) is 19.3 Å². The summed E-state index contributed by atoms with van der Waals surface area (Å²) in [5.41, 5.74) is 0. The third-order valence-corrected chi connectivity index (χ3v) is 3.28. The van der Waals surface area contributed by atoms with Crippen LogP contribution in [0.15, 0.2) is 0 Å². The first kappa shape index (κ1) is 29.8. The van der Waals surface area contributed by atoms with Gasteiger partial charge in [0, 0.05) is 19.8 Å². The summed E-state index contributed by atoms with van der Waals surface area (Å²) in [5, 5.41) is 25.4. The normalized spacial score (nSPS) is 13.5. The zero-order chi connectivity index (χ0) is 17.1. The highest BCUT2D eigenvalue weighted by atomic mass is 16.3. The average molecular weight is 324 g/mol. The summed E-state index contributed by atoms with van der Waals surface area (Å²) in [6, 6.07) is 0. The van der Waals surface area contributed by atoms with Crippen LogP contribution in [0.2, 0.25) is 0 Å². The minimum Gasteiger partial charge on any atom is -0.396 e. The molecule has 0 heterocycles. The van der Waals surface area contributed by atoms with Gasteiger partial charge in [-0.15, -0.1) is 0 Å². The molecule has 6 N–H and O–H groups in total. The van der Waals surface area contributed by atoms with Gasteiger partial charge in [-0.25, -0.2) is 0 Å². The van der Waals surface area contributed by atoms with Crippen molar-refractivity contribution in [2.24, 2.45) is 17.8 Å². The van der Waals surface area contributed by atoms with E-state index in [-0.39, 0.29) is 6.15 Å². The van der Waals surface area contributed by atoms with Crippen LogP contribution in [0.25, 0.3) is 0 Å². The van der Waals surface area contributed by atoms with E-state index >= 15 is 0 Å². The highest BCUT2D eigenvalue weighted by Crippen LogP contribution is 2.02. The maximum Gasteiger partial charge on any atom is 0.0456 e. The van der Waals surface area contributed by atoms with E-state index in [2.05, 4.69) is 41.5 Å². The van der Waals surface area contributed by atoms with Crippen LogP contribution in [-0.4, -0.2) is 35.1 Å². The molecule has 0 amide bonds. The number of aliphatic hydroxyl groups excluding tert-OH is 3. The first-order valence-corrected chi connectivity index (χ1v) is 8.75. The van der Waals surface area contributed by atoms with Gasteiger partial charge >= 0.3 is 0 Å². The quantitative estimate of drug-likeness (QED) is 0.505. The highest BCUT2D eigenvalue weighted by Gasteiger charge is 1.95. The molecule has 0 aromatic heterocycles. The van der Waals surface area contributed by atoms with Gasteiger partial charge in [-0.2, -0.15) is 0 Å². The molecule has 0 rings (SSSR count). The van der Waals surface area contributed by atoms with Crippen molar-refractivity contribution in [3.8, 4) is 0 Å². The van der Waals surface area contributed by atoms with Crippen molar-refractivity contribution in [1.82, 2.24) is 6.15 Å². The largest absolute Gasteiger partial charge is 0.396 e. The Balaban J connectivity index is -0.000000108. The van der Waals surface area contributed by atoms with Gasteiger partial charge in [-0.3, -0.25) is 0 Å². The molecule has 0 aliphatic rings. The van der Waals surface area contributed by atoms with Crippen molar-refractivity contribution < 1.29 is 15.3 Å². The van der Waals surface area contributed by atoms with Gasteiger partial charge in [0.05, 0.1) is 0 Å². The Kier molecular flexibility index (Phi) is 34.9. The summed E-state index contributed by atoms with van der Waals surface area (Å²) >= 11 is 0. The van der Waals surface area contributed by atoms with Crippen molar-refractivity contribution in [3.05, 3.63) is 0 Å². The summed E-state index contributed by atoms with van der Waals surface area (Å²) in [4.78, 5) is 0. The second-order valence-corrected chi connectivity index (χ2v) is 6.23. The van der Waals surface area contributed by atoms with Crippen LogP contribution in [0, 0.1) is 17.8 Å². The van der Waals surface area contributed by atoms with Crippen molar-refractivity contribution >= 4 is 0 Å². The number of aliphatic hydroxyl groups is 3. The molecule has 4 heteroatoms. The molecule has 0 bridgehead atoms. The maximum absolute atomic E-state index is 8.47. The lowest BCUT2D eigenvalue weighted by Gasteiger charge is -2.01. The maximum atomic E-state index is 8.47. The molecule has 3 unspecified atom stereocenters. The van der Waals surface area contributed by atoms with Crippen LogP contribution in [-0.2, 0) is 0 Å². The molecule has 0 saturated heterocycles. The van der Waals surface area contributed by atoms with E-state index in [1.807, 2.05) is 0 Å². The van der Waals surface area contributed by atoms with Crippen LogP contribution < -0.4 is 6.15 Å². The molecule has 0 aliphatic heterocycles. The molecular formula is C18H45NO3. The second kappa shape index (κ2) is 25.8. The fourth-order valence-corrected chi connectivity index (χ4v) is 1.75. The van der Waals surface area contributed by atoms with Crippen molar-refractivity contribution in [2.45, 2.75) is 80.1 Å². The van der Waals surface area contributed by atoms with Crippen LogP contribution in [0.1, 0.15) is 80.1 Å². The summed E-state index contributed by atoms with van der Waals surface area (Å²) in [5.74, 6) is 1.51. The van der Waals surface area contributed by atoms with Crippen LogP contribution in [0.3, 0.4) is 0 Å². The van der Waals surface area contributed by atoms with E-state index in [0.29, 0.717) is 37.6 Å². The van der Waals surface area contributed by atoms with Gasteiger partial charge in [-0.1, -0.05) is 60.8 Å². The standard InChI is InChI=1S/3C6H14O.H3N/c3*1-3-4-6(2)5-7;/h3*6-7H,3-5H2,1-2H3;1H3. The van der Waals surface area contributed by atoms with Gasteiger partial charge in [0.15, 0.2) is 0 Å². The van der Waals surface area contributed by atoms with E-state index < -0.39 is 0 Å². The summed E-state index contributed by atoms with van der Waals surface area (Å²) in [6.45, 7) is 13.6. The van der Waals surface area contributed by atoms with Crippen molar-refractivity contribution in [1.29, 1.82) is 0 Å². The summed E-state index contributed by atoms with van der Waals surface area (Å²) < 4.78 is 0. The minimum absolute atomic E-state index is 0. The van der Waals surface area contributed by atoms with E-state index in [4.69, 9.17) is 15.3 Å². The molecule has 140 valence electrons. The lowest BCUT2D eigenvalue weighted by molar-refractivity contribution is 0.229. The minimum atomic E-state index is 0. The SMILES string of the molecule is CCCC(C)CO.CCCC(C)CO.CCCC(C)CO.N. The number of rotatable bonds is 9. The first-order chi connectivity index (χ1) is 9.92. The Morgan fingerprint density at radius 1 is 0.545 bits per heavy atom. The Labute approximate surface area is 139 Å². The monoisotopic (exact) mass is 323 g/mol. The van der Waals surface area contributed by atoms with E-state index in [9.17, 15) is 0 Å². The highest BCUT2D eigenvalue weighted by molar-refractivity contribution is 4.46. The lowest BCUT2D eigenvalue weighted by atomic mass is 10.1. The lowest BCUT2D eigenvalue weighted by Crippen LogP contribution is -1.98. The molecule has 3 atom stereocenters. The van der Waals surface area contributed by atoms with Crippen LogP contribution >= 0.6 is 0 Å². The molecule has 22 heavy (non-hydrogen) atoms. The van der Waals surface area contributed by atoms with E-state index in [1.54, 1.807) is 0 Å². The molecule has 0 aromatic carbocycles. The molecule has 0 fully saturated rings. The molecular weight excluding hydrogens is 278 g/mol.